The molecule has 0 saturated heterocycles. The second kappa shape index (κ2) is 5.85. The molecule has 1 radical (unpaired) electrons. The van der Waals surface area contributed by atoms with E-state index in [9.17, 15) is 14.9 Å². The van der Waals surface area contributed by atoms with E-state index in [0.717, 1.165) is 5.56 Å². The fraction of sp³-hybridized carbons (Fsp3) is 0.273. The molecule has 1 rings (SSSR count). The zero-order valence-corrected chi connectivity index (χ0v) is 8.88. The average molecular weight is 222 g/mol. The Hall–Kier alpha value is -1.91. The first-order chi connectivity index (χ1) is 7.63. The minimum absolute atomic E-state index is 0.0250. The molecule has 0 saturated carbocycles. The standard InChI is InChI=1S/C11H12NO4/c1-2-3-11(13)16-8-9-4-6-10(7-5-9)12(14)15/h2,4-7H,3,8H2,1H3. The molecule has 5 heteroatoms. The maximum atomic E-state index is 11.0. The molecule has 5 nitrogen and oxygen atoms in total. The monoisotopic (exact) mass is 222 g/mol. The Kier molecular flexibility index (Phi) is 4.44. The molecule has 1 aromatic rings. The quantitative estimate of drug-likeness (QED) is 0.435. The van der Waals surface area contributed by atoms with Gasteiger partial charge in [0.25, 0.3) is 5.69 Å². The third-order valence-corrected chi connectivity index (χ3v) is 1.92. The Morgan fingerprint density at radius 1 is 1.44 bits per heavy atom. The van der Waals surface area contributed by atoms with Crippen LogP contribution >= 0.6 is 0 Å². The van der Waals surface area contributed by atoms with E-state index in [4.69, 9.17) is 4.74 Å². The predicted molar refractivity (Wildman–Crippen MR) is 57.5 cm³/mol. The lowest BCUT2D eigenvalue weighted by Crippen LogP contribution is -2.03. The van der Waals surface area contributed by atoms with Crippen molar-refractivity contribution in [1.82, 2.24) is 0 Å². The molecule has 0 heterocycles. The van der Waals surface area contributed by atoms with Gasteiger partial charge in [0.2, 0.25) is 0 Å². The van der Waals surface area contributed by atoms with Crippen molar-refractivity contribution < 1.29 is 14.5 Å². The van der Waals surface area contributed by atoms with E-state index < -0.39 is 4.92 Å². The van der Waals surface area contributed by atoms with Crippen molar-refractivity contribution in [2.24, 2.45) is 0 Å². The molecule has 0 atom stereocenters. The van der Waals surface area contributed by atoms with Crippen molar-refractivity contribution in [3.05, 3.63) is 46.4 Å². The van der Waals surface area contributed by atoms with Crippen LogP contribution in [0.5, 0.6) is 0 Å². The summed E-state index contributed by atoms with van der Waals surface area (Å²) >= 11 is 0. The number of benzene rings is 1. The Balaban J connectivity index is 2.49. The molecule has 0 spiro atoms. The maximum Gasteiger partial charge on any atom is 0.306 e. The van der Waals surface area contributed by atoms with Crippen molar-refractivity contribution in [3.8, 4) is 0 Å². The summed E-state index contributed by atoms with van der Waals surface area (Å²) in [5.74, 6) is -0.305. The van der Waals surface area contributed by atoms with Gasteiger partial charge >= 0.3 is 5.97 Å². The molecule has 0 aliphatic rings. The van der Waals surface area contributed by atoms with Gasteiger partial charge < -0.3 is 4.74 Å². The van der Waals surface area contributed by atoms with Gasteiger partial charge in [-0.1, -0.05) is 6.92 Å². The van der Waals surface area contributed by atoms with Gasteiger partial charge in [0.05, 0.1) is 4.92 Å². The number of nitrogens with zero attached hydrogens (tertiary/aromatic N) is 1. The lowest BCUT2D eigenvalue weighted by atomic mass is 10.2. The Labute approximate surface area is 93.2 Å². The first-order valence-corrected chi connectivity index (χ1v) is 4.80. The Bertz CT molecular complexity index is 372. The molecule has 1 aromatic carbocycles. The molecule has 0 N–H and O–H groups in total. The van der Waals surface area contributed by atoms with E-state index in [2.05, 4.69) is 0 Å². The highest BCUT2D eigenvalue weighted by Gasteiger charge is 2.05. The number of carbonyl (C=O) groups is 1. The predicted octanol–water partition coefficient (Wildman–Crippen LogP) is 2.25. The number of esters is 1. The van der Waals surface area contributed by atoms with Crippen LogP contribution in [0.15, 0.2) is 24.3 Å². The van der Waals surface area contributed by atoms with Crippen LogP contribution < -0.4 is 0 Å². The highest BCUT2D eigenvalue weighted by molar-refractivity contribution is 5.70. The number of non-ortho nitro benzene ring substituents is 1. The average Bonchev–Trinajstić information content (AvgIpc) is 2.27. The molecular weight excluding hydrogens is 210 g/mol. The van der Waals surface area contributed by atoms with E-state index in [1.807, 2.05) is 0 Å². The van der Waals surface area contributed by atoms with Gasteiger partial charge in [-0.3, -0.25) is 14.9 Å². The number of hydrogen-bond donors (Lipinski definition) is 0. The first-order valence-electron chi connectivity index (χ1n) is 4.80. The van der Waals surface area contributed by atoms with Crippen LogP contribution in [-0.2, 0) is 16.1 Å². The molecule has 0 bridgehead atoms. The zero-order chi connectivity index (χ0) is 12.0. The Morgan fingerprint density at radius 3 is 2.56 bits per heavy atom. The fourth-order valence-corrected chi connectivity index (χ4v) is 1.10. The van der Waals surface area contributed by atoms with Gasteiger partial charge in [0.15, 0.2) is 0 Å². The van der Waals surface area contributed by atoms with Crippen molar-refractivity contribution in [2.45, 2.75) is 20.0 Å². The smallest absolute Gasteiger partial charge is 0.306 e. The van der Waals surface area contributed by atoms with Crippen LogP contribution in [-0.4, -0.2) is 10.9 Å². The summed E-state index contributed by atoms with van der Waals surface area (Å²) in [6.45, 7) is 1.91. The molecular formula is C11H12NO4. The summed E-state index contributed by atoms with van der Waals surface area (Å²) in [5.41, 5.74) is 0.757. The molecule has 16 heavy (non-hydrogen) atoms. The molecule has 0 aromatic heterocycles. The first kappa shape index (κ1) is 12.2. The SMILES string of the molecule is C[CH]CC(=O)OCc1ccc([N+](=O)[O-])cc1. The minimum atomic E-state index is -0.470. The lowest BCUT2D eigenvalue weighted by molar-refractivity contribution is -0.384. The van der Waals surface area contributed by atoms with Crippen LogP contribution in [0.4, 0.5) is 5.69 Å². The van der Waals surface area contributed by atoms with Crippen LogP contribution in [0, 0.1) is 16.5 Å². The summed E-state index contributed by atoms with van der Waals surface area (Å²) < 4.78 is 4.93. The van der Waals surface area contributed by atoms with Gasteiger partial charge in [-0.2, -0.15) is 0 Å². The van der Waals surface area contributed by atoms with Gasteiger partial charge in [0.1, 0.15) is 6.61 Å². The van der Waals surface area contributed by atoms with Gasteiger partial charge in [-0.15, -0.1) is 0 Å². The highest BCUT2D eigenvalue weighted by atomic mass is 16.6. The summed E-state index contributed by atoms with van der Waals surface area (Å²) in [7, 11) is 0. The van der Waals surface area contributed by atoms with Gasteiger partial charge in [-0.05, 0) is 24.1 Å². The molecule has 85 valence electrons. The minimum Gasteiger partial charge on any atom is -0.461 e. The largest absolute Gasteiger partial charge is 0.461 e. The number of ether oxygens (including phenoxy) is 1. The normalized spacial score (nSPS) is 9.81. The third kappa shape index (κ3) is 3.68. The van der Waals surface area contributed by atoms with Crippen molar-refractivity contribution in [1.29, 1.82) is 0 Å². The summed E-state index contributed by atoms with van der Waals surface area (Å²) in [6.07, 6.45) is 1.98. The fourth-order valence-electron chi connectivity index (χ4n) is 1.10. The van der Waals surface area contributed by atoms with E-state index in [1.54, 1.807) is 25.5 Å². The third-order valence-electron chi connectivity index (χ3n) is 1.92. The molecule has 0 amide bonds. The summed E-state index contributed by atoms with van der Waals surface area (Å²) in [5, 5.41) is 10.4. The maximum absolute atomic E-state index is 11.0. The number of hydrogen-bond acceptors (Lipinski definition) is 4. The van der Waals surface area contributed by atoms with Crippen LogP contribution in [0.2, 0.25) is 0 Å². The highest BCUT2D eigenvalue weighted by Crippen LogP contribution is 2.12. The second-order valence-electron chi connectivity index (χ2n) is 3.20. The number of nitro benzene ring substituents is 1. The van der Waals surface area contributed by atoms with Gasteiger partial charge in [0, 0.05) is 18.6 Å². The molecule has 0 unspecified atom stereocenters. The number of nitro groups is 1. The van der Waals surface area contributed by atoms with Crippen molar-refractivity contribution in [2.75, 3.05) is 0 Å². The summed E-state index contributed by atoms with van der Waals surface area (Å²) in [6, 6.07) is 5.91. The van der Waals surface area contributed by atoms with Crippen LogP contribution in [0.25, 0.3) is 0 Å². The van der Waals surface area contributed by atoms with E-state index >= 15 is 0 Å². The van der Waals surface area contributed by atoms with Crippen molar-refractivity contribution in [3.63, 3.8) is 0 Å². The van der Waals surface area contributed by atoms with Crippen LogP contribution in [0.3, 0.4) is 0 Å². The Morgan fingerprint density at radius 2 is 2.06 bits per heavy atom. The molecule has 0 aliphatic heterocycles. The van der Waals surface area contributed by atoms with Crippen molar-refractivity contribution >= 4 is 11.7 Å². The topological polar surface area (TPSA) is 69.4 Å². The molecule has 0 fully saturated rings. The number of rotatable bonds is 5. The number of carbonyl (C=O) groups excluding carboxylic acids is 1. The molecule has 0 aliphatic carbocycles. The van der Waals surface area contributed by atoms with Crippen LogP contribution in [0.1, 0.15) is 18.9 Å². The lowest BCUT2D eigenvalue weighted by Gasteiger charge is -2.03. The van der Waals surface area contributed by atoms with E-state index in [-0.39, 0.29) is 24.7 Å². The summed E-state index contributed by atoms with van der Waals surface area (Å²) in [4.78, 5) is 20.9. The van der Waals surface area contributed by atoms with E-state index in [0.29, 0.717) is 0 Å². The zero-order valence-electron chi connectivity index (χ0n) is 8.88. The van der Waals surface area contributed by atoms with E-state index in [1.165, 1.54) is 12.1 Å². The van der Waals surface area contributed by atoms with Gasteiger partial charge in [-0.25, -0.2) is 0 Å². The second-order valence-corrected chi connectivity index (χ2v) is 3.20.